The van der Waals surface area contributed by atoms with Crippen molar-refractivity contribution in [2.24, 2.45) is 5.92 Å². The highest BCUT2D eigenvalue weighted by molar-refractivity contribution is 5.80. The van der Waals surface area contributed by atoms with E-state index in [0.717, 1.165) is 41.6 Å². The number of esters is 1. The molecule has 0 spiro atoms. The first-order valence-corrected chi connectivity index (χ1v) is 11.5. The van der Waals surface area contributed by atoms with E-state index >= 15 is 0 Å². The fourth-order valence-corrected chi connectivity index (χ4v) is 4.23. The van der Waals surface area contributed by atoms with E-state index in [9.17, 15) is 9.59 Å². The molecule has 2 N–H and O–H groups in total. The van der Waals surface area contributed by atoms with Crippen LogP contribution in [0.3, 0.4) is 0 Å². The Labute approximate surface area is 192 Å². The zero-order chi connectivity index (χ0) is 23.2. The van der Waals surface area contributed by atoms with E-state index in [1.165, 1.54) is 0 Å². The molecular formula is C25H30N4O4. The normalized spacial score (nSPS) is 17.9. The van der Waals surface area contributed by atoms with Gasteiger partial charge in [0.1, 0.15) is 0 Å². The molecule has 2 aromatic carbocycles. The maximum atomic E-state index is 12.1. The van der Waals surface area contributed by atoms with Crippen LogP contribution in [0.5, 0.6) is 0 Å². The van der Waals surface area contributed by atoms with E-state index < -0.39 is 5.76 Å². The van der Waals surface area contributed by atoms with Gasteiger partial charge in [-0.2, -0.15) is 9.72 Å². The van der Waals surface area contributed by atoms with Crippen LogP contribution in [0.25, 0.3) is 22.5 Å². The molecule has 0 radical (unpaired) electrons. The number of carbonyl (C=O) groups excluding carboxylic acids is 1. The Hall–Kier alpha value is -3.23. The number of rotatable bonds is 9. The summed E-state index contributed by atoms with van der Waals surface area (Å²) in [6.45, 7) is 6.27. The number of hydrogen-bond donors (Lipinski definition) is 2. The summed E-state index contributed by atoms with van der Waals surface area (Å²) in [7, 11) is 0. The molecule has 174 valence electrons. The minimum atomic E-state index is -0.587. The molecule has 8 heteroatoms. The van der Waals surface area contributed by atoms with E-state index in [-0.39, 0.29) is 18.1 Å². The number of nitrogens with one attached hydrogen (secondary N) is 2. The summed E-state index contributed by atoms with van der Waals surface area (Å²) in [6.07, 6.45) is 1.52. The van der Waals surface area contributed by atoms with Crippen molar-refractivity contribution in [1.29, 1.82) is 0 Å². The standard InChI is InChI=1S/C25H30N4O4/c1-3-15-29-23(28-25(31)33-29)20-8-6-5-7-19(20)18-11-9-17(10-12-18)16-27-22-21(13-14-26-22)24(30)32-4-2/h5-12,21-22,26-27H,3-4,13-16H2,1-2H3. The van der Waals surface area contributed by atoms with Crippen molar-refractivity contribution < 1.29 is 14.1 Å². The summed E-state index contributed by atoms with van der Waals surface area (Å²) in [5.74, 6) is -0.363. The minimum Gasteiger partial charge on any atom is -0.466 e. The van der Waals surface area contributed by atoms with Gasteiger partial charge in [0.25, 0.3) is 0 Å². The summed E-state index contributed by atoms with van der Waals surface area (Å²) in [5, 5.41) is 6.78. The smallest absolute Gasteiger partial charge is 0.460 e. The van der Waals surface area contributed by atoms with Crippen LogP contribution < -0.4 is 16.4 Å². The van der Waals surface area contributed by atoms with E-state index in [0.29, 0.717) is 25.5 Å². The predicted octanol–water partition coefficient (Wildman–Crippen LogP) is 3.17. The predicted molar refractivity (Wildman–Crippen MR) is 125 cm³/mol. The minimum absolute atomic E-state index is 0.0908. The molecule has 4 rings (SSSR count). The topological polar surface area (TPSA) is 98.4 Å². The zero-order valence-electron chi connectivity index (χ0n) is 19.0. The summed E-state index contributed by atoms with van der Waals surface area (Å²) >= 11 is 0. The molecule has 1 aliphatic rings. The summed E-state index contributed by atoms with van der Waals surface area (Å²) in [5.41, 5.74) is 3.97. The Balaban J connectivity index is 1.50. The maximum Gasteiger partial charge on any atom is 0.460 e. The quantitative estimate of drug-likeness (QED) is 0.483. The van der Waals surface area contributed by atoms with Gasteiger partial charge in [0.05, 0.1) is 25.2 Å². The Bertz CT molecular complexity index is 1140. The molecule has 8 nitrogen and oxygen atoms in total. The first-order chi connectivity index (χ1) is 16.1. The fourth-order valence-electron chi connectivity index (χ4n) is 4.23. The van der Waals surface area contributed by atoms with Gasteiger partial charge in [-0.3, -0.25) is 10.1 Å². The second-order valence-corrected chi connectivity index (χ2v) is 8.10. The van der Waals surface area contributed by atoms with Crippen LogP contribution in [0, 0.1) is 5.92 Å². The molecule has 2 unspecified atom stereocenters. The largest absolute Gasteiger partial charge is 0.466 e. The summed E-state index contributed by atoms with van der Waals surface area (Å²) in [4.78, 5) is 28.0. The second-order valence-electron chi connectivity index (χ2n) is 8.10. The molecule has 33 heavy (non-hydrogen) atoms. The van der Waals surface area contributed by atoms with Crippen molar-refractivity contribution in [3.05, 3.63) is 64.6 Å². The number of carbonyl (C=O) groups is 1. The van der Waals surface area contributed by atoms with Gasteiger partial charge in [-0.15, -0.1) is 0 Å². The van der Waals surface area contributed by atoms with E-state index in [1.807, 2.05) is 38.1 Å². The van der Waals surface area contributed by atoms with Crippen LogP contribution in [0.2, 0.25) is 0 Å². The van der Waals surface area contributed by atoms with Crippen molar-refractivity contribution in [3.8, 4) is 22.5 Å². The lowest BCUT2D eigenvalue weighted by Crippen LogP contribution is -2.44. The van der Waals surface area contributed by atoms with Gasteiger partial charge >= 0.3 is 11.7 Å². The number of hydrogen-bond acceptors (Lipinski definition) is 7. The number of aromatic nitrogens is 2. The lowest BCUT2D eigenvalue weighted by molar-refractivity contribution is -0.148. The molecule has 0 saturated carbocycles. The van der Waals surface area contributed by atoms with Crippen molar-refractivity contribution in [3.63, 3.8) is 0 Å². The highest BCUT2D eigenvalue weighted by Crippen LogP contribution is 2.31. The maximum absolute atomic E-state index is 12.1. The van der Waals surface area contributed by atoms with Crippen molar-refractivity contribution >= 4 is 5.97 Å². The number of benzene rings is 2. The Morgan fingerprint density at radius 1 is 1.18 bits per heavy atom. The van der Waals surface area contributed by atoms with E-state index in [4.69, 9.17) is 9.26 Å². The molecule has 1 aliphatic heterocycles. The number of nitrogens with zero attached hydrogens (tertiary/aromatic N) is 2. The van der Waals surface area contributed by atoms with Crippen LogP contribution in [0.15, 0.2) is 57.8 Å². The lowest BCUT2D eigenvalue weighted by Gasteiger charge is -2.19. The highest BCUT2D eigenvalue weighted by Gasteiger charge is 2.33. The third-order valence-corrected chi connectivity index (χ3v) is 5.82. The molecule has 1 aromatic heterocycles. The van der Waals surface area contributed by atoms with Gasteiger partial charge in [-0.1, -0.05) is 55.5 Å². The fraction of sp³-hybridized carbons (Fsp3) is 0.400. The van der Waals surface area contributed by atoms with Gasteiger partial charge in [-0.05, 0) is 43.0 Å². The van der Waals surface area contributed by atoms with Gasteiger partial charge < -0.3 is 14.6 Å². The van der Waals surface area contributed by atoms with E-state index in [2.05, 4.69) is 39.9 Å². The molecule has 1 fully saturated rings. The van der Waals surface area contributed by atoms with Gasteiger partial charge in [-0.25, -0.2) is 4.79 Å². The Kier molecular flexibility index (Phi) is 7.36. The first kappa shape index (κ1) is 22.9. The lowest BCUT2D eigenvalue weighted by atomic mass is 9.98. The average Bonchev–Trinajstić information content (AvgIpc) is 3.45. The monoisotopic (exact) mass is 450 g/mol. The van der Waals surface area contributed by atoms with Crippen LogP contribution >= 0.6 is 0 Å². The third kappa shape index (κ3) is 5.23. The highest BCUT2D eigenvalue weighted by atomic mass is 16.5. The second kappa shape index (κ2) is 10.6. The van der Waals surface area contributed by atoms with Crippen LogP contribution in [-0.4, -0.2) is 35.0 Å². The number of aryl methyl sites for hydroxylation is 1. The molecule has 0 bridgehead atoms. The molecule has 3 aromatic rings. The van der Waals surface area contributed by atoms with Crippen molar-refractivity contribution in [1.82, 2.24) is 20.4 Å². The zero-order valence-corrected chi connectivity index (χ0v) is 19.0. The molecule has 2 heterocycles. The van der Waals surface area contributed by atoms with Crippen molar-refractivity contribution in [2.45, 2.75) is 45.9 Å². The third-order valence-electron chi connectivity index (χ3n) is 5.82. The van der Waals surface area contributed by atoms with Crippen LogP contribution in [0.4, 0.5) is 0 Å². The van der Waals surface area contributed by atoms with Gasteiger partial charge in [0, 0.05) is 12.1 Å². The number of ether oxygens (including phenoxy) is 1. The Morgan fingerprint density at radius 2 is 1.94 bits per heavy atom. The first-order valence-electron chi connectivity index (χ1n) is 11.5. The molecule has 0 aliphatic carbocycles. The molecule has 0 amide bonds. The Morgan fingerprint density at radius 3 is 2.67 bits per heavy atom. The van der Waals surface area contributed by atoms with Gasteiger partial charge in [0.15, 0.2) is 5.82 Å². The van der Waals surface area contributed by atoms with Crippen LogP contribution in [0.1, 0.15) is 32.3 Å². The van der Waals surface area contributed by atoms with Gasteiger partial charge in [0.2, 0.25) is 0 Å². The van der Waals surface area contributed by atoms with Crippen molar-refractivity contribution in [2.75, 3.05) is 13.2 Å². The summed E-state index contributed by atoms with van der Waals surface area (Å²) < 4.78 is 12.0. The SMILES string of the molecule is CCCn1oc(=O)nc1-c1ccccc1-c1ccc(CNC2NCCC2C(=O)OCC)cc1. The molecule has 2 atom stereocenters. The summed E-state index contributed by atoms with van der Waals surface area (Å²) in [6, 6.07) is 16.1. The molecular weight excluding hydrogens is 420 g/mol. The molecule has 1 saturated heterocycles. The van der Waals surface area contributed by atoms with E-state index in [1.54, 1.807) is 4.74 Å². The van der Waals surface area contributed by atoms with Crippen LogP contribution in [-0.2, 0) is 22.6 Å². The average molecular weight is 451 g/mol.